The molecule has 79 heavy (non-hydrogen) atoms. The Labute approximate surface area is 451 Å². The predicted octanol–water partition coefficient (Wildman–Crippen LogP) is 11.4. The van der Waals surface area contributed by atoms with Crippen LogP contribution in [-0.2, 0) is 12.1 Å². The highest BCUT2D eigenvalue weighted by Crippen LogP contribution is 2.38. The van der Waals surface area contributed by atoms with Gasteiger partial charge in [0.15, 0.2) is 11.6 Å². The van der Waals surface area contributed by atoms with Crippen molar-refractivity contribution in [3.8, 4) is 11.6 Å². The van der Waals surface area contributed by atoms with Gasteiger partial charge in [-0.15, -0.1) is 0 Å². The molecule has 0 spiro atoms. The lowest BCUT2D eigenvalue weighted by Gasteiger charge is -2.33. The number of aliphatic hydroxyl groups is 1. The van der Waals surface area contributed by atoms with Crippen LogP contribution in [0.25, 0.3) is 11.6 Å². The quantitative estimate of drug-likeness (QED) is 0.0448. The van der Waals surface area contributed by atoms with Gasteiger partial charge in [0.2, 0.25) is 0 Å². The van der Waals surface area contributed by atoms with Gasteiger partial charge in [0.05, 0.1) is 17.0 Å². The molecule has 410 valence electrons. The number of hydrogen-bond acceptors (Lipinski definition) is 14. The largest absolute Gasteiger partial charge is 0.416 e. The van der Waals surface area contributed by atoms with E-state index in [0.29, 0.717) is 77.6 Å². The smallest absolute Gasteiger partial charge is 0.396 e. The molecule has 7 N–H and O–H groups in total. The van der Waals surface area contributed by atoms with Crippen molar-refractivity contribution < 1.29 is 36.6 Å². The Morgan fingerprint density at radius 2 is 1.27 bits per heavy atom. The molecule has 1 fully saturated rings. The van der Waals surface area contributed by atoms with Crippen LogP contribution in [0.1, 0.15) is 63.8 Å². The normalized spacial score (nSPS) is 13.0. The van der Waals surface area contributed by atoms with Crippen LogP contribution in [0.4, 0.5) is 89.8 Å². The minimum Gasteiger partial charge on any atom is -0.396 e. The molecular weight excluding hydrogens is 1030 g/mol. The highest BCUT2D eigenvalue weighted by molar-refractivity contribution is 6.05. The zero-order valence-electron chi connectivity index (χ0n) is 44.1. The van der Waals surface area contributed by atoms with E-state index in [1.807, 2.05) is 37.8 Å². The van der Waals surface area contributed by atoms with Crippen molar-refractivity contribution in [2.75, 3.05) is 75.5 Å². The summed E-state index contributed by atoms with van der Waals surface area (Å²) in [7, 11) is 3.37. The third-order valence-corrected chi connectivity index (χ3v) is 13.3. The van der Waals surface area contributed by atoms with Gasteiger partial charge in [0, 0.05) is 116 Å². The molecule has 0 radical (unpaired) electrons. The first kappa shape index (κ1) is 54.6. The molecule has 0 bridgehead atoms. The minimum atomic E-state index is -4.67. The first-order valence-corrected chi connectivity index (χ1v) is 25.1. The summed E-state index contributed by atoms with van der Waals surface area (Å²) in [6.07, 6.45) is -0.703. The molecule has 5 heterocycles. The first-order valence-electron chi connectivity index (χ1n) is 25.1. The van der Waals surface area contributed by atoms with E-state index >= 15 is 8.78 Å². The fourth-order valence-corrected chi connectivity index (χ4v) is 8.93. The SMILES string of the molecule is CNc1cc(-n2nc(C)cc2Nc2cc(NC(=O)Nc3cc(N(C)c4cc(-n5nc(C)cc5Nc5cc(C(=O)Nc6cc(N7CCC(CO)CC7)cc(C(F)(F)F)c6)ccc5C)ncn4)cc(C(C)(F)F)c3)ccc2C)ncn1. The van der Waals surface area contributed by atoms with Crippen molar-refractivity contribution >= 4 is 75.0 Å². The fourth-order valence-electron chi connectivity index (χ4n) is 8.93. The van der Waals surface area contributed by atoms with Gasteiger partial charge in [0.25, 0.3) is 11.8 Å². The van der Waals surface area contributed by atoms with Crippen LogP contribution in [0.3, 0.4) is 0 Å². The van der Waals surface area contributed by atoms with Crippen LogP contribution in [0, 0.1) is 33.6 Å². The number of piperidine rings is 1. The summed E-state index contributed by atoms with van der Waals surface area (Å²) in [5.74, 6) is -1.17. The second-order valence-corrected chi connectivity index (χ2v) is 19.3. The molecule has 19 nitrogen and oxygen atoms in total. The number of halogens is 5. The molecule has 0 aliphatic carbocycles. The molecule has 0 atom stereocenters. The maximum absolute atomic E-state index is 15.2. The average Bonchev–Trinajstić information content (AvgIpc) is 3.99. The molecule has 4 aromatic heterocycles. The standard InChI is InChI=1S/C55H57F5N16O3/c1-31-8-10-36(52(78)66-40-20-38(55(58,59)60)22-43(24-40)74-14-12-35(28-77)13-15-74)18-44(31)69-50-16-34(4)72-76(50)49-27-47(63-30-65-49)73(7)42-21-37(54(5,56)57)19-41(23-42)68-53(79)67-39-11-9-32(2)45(25-39)70-51-17-33(3)71-75(51)48-26-46(61-6)62-29-64-48/h8-11,16-27,29-30,35,69-70,77H,12-15,28H2,1-7H3,(H,66,78)(H,61,62,64)(H2,67,68,79). The highest BCUT2D eigenvalue weighted by atomic mass is 19.4. The second-order valence-electron chi connectivity index (χ2n) is 19.3. The Bertz CT molecular complexity index is 3550. The van der Waals surface area contributed by atoms with Gasteiger partial charge in [-0.25, -0.2) is 33.5 Å². The molecule has 9 rings (SSSR count). The number of amides is 3. The molecule has 1 aliphatic heterocycles. The Kier molecular flexibility index (Phi) is 15.5. The predicted molar refractivity (Wildman–Crippen MR) is 294 cm³/mol. The highest BCUT2D eigenvalue weighted by Gasteiger charge is 2.33. The summed E-state index contributed by atoms with van der Waals surface area (Å²) in [5.41, 5.74) is 3.92. The van der Waals surface area contributed by atoms with Crippen LogP contribution in [-0.4, -0.2) is 90.3 Å². The number of aryl methyl sites for hydroxylation is 4. The van der Waals surface area contributed by atoms with E-state index < -0.39 is 29.6 Å². The zero-order chi connectivity index (χ0) is 56.3. The number of carbonyl (C=O) groups is 2. The number of benzene rings is 4. The van der Waals surface area contributed by atoms with Gasteiger partial charge in [0.1, 0.15) is 35.9 Å². The lowest BCUT2D eigenvalue weighted by Crippen LogP contribution is -2.35. The summed E-state index contributed by atoms with van der Waals surface area (Å²) < 4.78 is 75.9. The number of nitrogens with one attached hydrogen (secondary N) is 6. The Morgan fingerprint density at radius 3 is 1.90 bits per heavy atom. The Morgan fingerprint density at radius 1 is 0.671 bits per heavy atom. The summed E-state index contributed by atoms with van der Waals surface area (Å²) in [6, 6.07) is 23.8. The lowest BCUT2D eigenvalue weighted by atomic mass is 9.97. The summed E-state index contributed by atoms with van der Waals surface area (Å²) in [6.45, 7) is 9.02. The van der Waals surface area contributed by atoms with Crippen LogP contribution >= 0.6 is 0 Å². The molecule has 1 saturated heterocycles. The van der Waals surface area contributed by atoms with E-state index in [1.54, 1.807) is 79.1 Å². The summed E-state index contributed by atoms with van der Waals surface area (Å²) >= 11 is 0. The fraction of sp³-hybridized carbons (Fsp3) is 0.273. The molecule has 4 aromatic carbocycles. The van der Waals surface area contributed by atoms with Gasteiger partial charge in [-0.2, -0.15) is 32.7 Å². The molecule has 8 aromatic rings. The Hall–Kier alpha value is -9.19. The zero-order valence-corrected chi connectivity index (χ0v) is 44.1. The monoisotopic (exact) mass is 1080 g/mol. The topological polar surface area (TPSA) is 220 Å². The van der Waals surface area contributed by atoms with Crippen molar-refractivity contribution in [2.24, 2.45) is 5.92 Å². The van der Waals surface area contributed by atoms with Crippen molar-refractivity contribution in [2.45, 2.75) is 59.6 Å². The van der Waals surface area contributed by atoms with Crippen molar-refractivity contribution in [1.29, 1.82) is 0 Å². The van der Waals surface area contributed by atoms with Gasteiger partial charge < -0.3 is 46.8 Å². The van der Waals surface area contributed by atoms with Gasteiger partial charge >= 0.3 is 12.2 Å². The molecular formula is C55H57F5N16O3. The van der Waals surface area contributed by atoms with Crippen LogP contribution in [0.5, 0.6) is 0 Å². The first-order chi connectivity index (χ1) is 37.6. The van der Waals surface area contributed by atoms with E-state index in [1.165, 1.54) is 41.6 Å². The minimum absolute atomic E-state index is 0.0131. The number of aromatic nitrogens is 8. The molecule has 24 heteroatoms. The van der Waals surface area contributed by atoms with Crippen molar-refractivity contribution in [3.63, 3.8) is 0 Å². The van der Waals surface area contributed by atoms with E-state index in [4.69, 9.17) is 0 Å². The maximum atomic E-state index is 15.2. The third-order valence-electron chi connectivity index (χ3n) is 13.3. The van der Waals surface area contributed by atoms with Gasteiger partial charge in [-0.05, 0) is 118 Å². The summed E-state index contributed by atoms with van der Waals surface area (Å²) in [5, 5.41) is 36.7. The van der Waals surface area contributed by atoms with Crippen LogP contribution < -0.4 is 41.7 Å². The third kappa shape index (κ3) is 12.8. The number of nitrogens with zero attached hydrogens (tertiary/aromatic N) is 10. The van der Waals surface area contributed by atoms with Gasteiger partial charge in [-0.1, -0.05) is 12.1 Å². The summed E-state index contributed by atoms with van der Waals surface area (Å²) in [4.78, 5) is 48.2. The van der Waals surface area contributed by atoms with E-state index in [-0.39, 0.29) is 52.3 Å². The average molecular weight is 1090 g/mol. The number of alkyl halides is 5. The van der Waals surface area contributed by atoms with E-state index in [2.05, 4.69) is 62.0 Å². The van der Waals surface area contributed by atoms with Crippen molar-refractivity contribution in [3.05, 3.63) is 149 Å². The number of urea groups is 1. The maximum Gasteiger partial charge on any atom is 0.416 e. The van der Waals surface area contributed by atoms with Crippen LogP contribution in [0.2, 0.25) is 0 Å². The molecule has 0 unspecified atom stereocenters. The second kappa shape index (κ2) is 22.4. The van der Waals surface area contributed by atoms with Crippen LogP contribution in [0.15, 0.2) is 110 Å². The van der Waals surface area contributed by atoms with Crippen molar-refractivity contribution in [1.82, 2.24) is 39.5 Å². The number of aliphatic hydroxyl groups excluding tert-OH is 1. The molecule has 1 aliphatic rings. The number of carbonyl (C=O) groups excluding carboxylic acids is 2. The molecule has 3 amide bonds. The number of rotatable bonds is 16. The number of anilines is 11. The van der Waals surface area contributed by atoms with E-state index in [9.17, 15) is 27.9 Å². The lowest BCUT2D eigenvalue weighted by molar-refractivity contribution is -0.137. The Balaban J connectivity index is 0.914. The van der Waals surface area contributed by atoms with Gasteiger partial charge in [-0.3, -0.25) is 4.79 Å². The number of hydrogen-bond donors (Lipinski definition) is 7. The molecule has 0 saturated carbocycles. The van der Waals surface area contributed by atoms with E-state index in [0.717, 1.165) is 35.9 Å².